The topological polar surface area (TPSA) is 66.2 Å². The van der Waals surface area contributed by atoms with Crippen LogP contribution < -0.4 is 10.2 Å². The summed E-state index contributed by atoms with van der Waals surface area (Å²) in [6.07, 6.45) is 4.01. The number of benzene rings is 2. The molecule has 0 amide bonds. The Morgan fingerprint density at radius 3 is 2.55 bits per heavy atom. The number of methoxy groups -OCH3 is 1. The third kappa shape index (κ3) is 4.92. The minimum Gasteiger partial charge on any atom is -0.504 e. The van der Waals surface area contributed by atoms with Crippen LogP contribution in [-0.4, -0.2) is 55.2 Å². The summed E-state index contributed by atoms with van der Waals surface area (Å²) in [5, 5.41) is 10.4. The van der Waals surface area contributed by atoms with E-state index >= 15 is 0 Å². The molecule has 0 aliphatic carbocycles. The van der Waals surface area contributed by atoms with E-state index in [1.807, 2.05) is 12.1 Å². The first-order valence-corrected chi connectivity index (χ1v) is 10.9. The van der Waals surface area contributed by atoms with Crippen LogP contribution in [0.15, 0.2) is 51.7 Å². The Labute approximate surface area is 182 Å². The molecular weight excluding hydrogens is 392 g/mol. The number of nitrogens with zero attached hydrogens (tertiary/aromatic N) is 2. The number of fused-ring (bicyclic) bond motifs is 1. The fourth-order valence-corrected chi connectivity index (χ4v) is 4.18. The zero-order chi connectivity index (χ0) is 21.8. The second-order valence-corrected chi connectivity index (χ2v) is 8.31. The number of hydrogen-bond donors (Lipinski definition) is 1. The van der Waals surface area contributed by atoms with Crippen molar-refractivity contribution in [1.82, 2.24) is 9.80 Å². The molecule has 1 N–H and O–H groups in total. The lowest BCUT2D eigenvalue weighted by molar-refractivity contribution is 0.194. The molecule has 3 aromatic rings. The van der Waals surface area contributed by atoms with Crippen LogP contribution in [0, 0.1) is 0 Å². The second-order valence-electron chi connectivity index (χ2n) is 8.31. The molecule has 1 aliphatic heterocycles. The monoisotopic (exact) mass is 422 g/mol. The summed E-state index contributed by atoms with van der Waals surface area (Å²) in [4.78, 5) is 17.5. The molecule has 0 atom stereocenters. The maximum absolute atomic E-state index is 12.6. The van der Waals surface area contributed by atoms with Crippen LogP contribution in [0.1, 0.15) is 24.8 Å². The van der Waals surface area contributed by atoms with Crippen LogP contribution in [0.2, 0.25) is 0 Å². The number of likely N-dealkylation sites (tertiary alicyclic amines) is 1. The minimum atomic E-state index is -0.170. The number of phenolic OH excluding ortho intramolecular Hbond substituents is 1. The van der Waals surface area contributed by atoms with E-state index < -0.39 is 0 Å². The molecule has 164 valence electrons. The van der Waals surface area contributed by atoms with Crippen molar-refractivity contribution < 1.29 is 14.3 Å². The number of phenols is 1. The highest BCUT2D eigenvalue weighted by atomic mass is 16.5. The third-order valence-corrected chi connectivity index (χ3v) is 5.97. The van der Waals surface area contributed by atoms with Gasteiger partial charge >= 0.3 is 0 Å². The average Bonchev–Trinajstić information content (AvgIpc) is 2.78. The summed E-state index contributed by atoms with van der Waals surface area (Å²) in [6, 6.07) is 12.5. The molecule has 0 saturated carbocycles. The van der Waals surface area contributed by atoms with Crippen LogP contribution in [0.25, 0.3) is 22.3 Å². The first-order valence-electron chi connectivity index (χ1n) is 10.9. The number of rotatable bonds is 7. The highest BCUT2D eigenvalue weighted by Gasteiger charge is 2.15. The summed E-state index contributed by atoms with van der Waals surface area (Å²) in [5.41, 5.74) is 2.11. The Kier molecular flexibility index (Phi) is 6.59. The maximum Gasteiger partial charge on any atom is 0.204 e. The highest BCUT2D eigenvalue weighted by Crippen LogP contribution is 2.35. The van der Waals surface area contributed by atoms with Crippen LogP contribution in [0.4, 0.5) is 0 Å². The molecule has 6 nitrogen and oxygen atoms in total. The van der Waals surface area contributed by atoms with E-state index in [1.54, 1.807) is 6.07 Å². The molecular formula is C25H30N2O4. The smallest absolute Gasteiger partial charge is 0.204 e. The molecule has 0 spiro atoms. The molecule has 2 heterocycles. The summed E-state index contributed by atoms with van der Waals surface area (Å²) < 4.78 is 11.2. The predicted octanol–water partition coefficient (Wildman–Crippen LogP) is 4.09. The molecule has 1 aliphatic rings. The van der Waals surface area contributed by atoms with E-state index in [0.29, 0.717) is 11.1 Å². The predicted molar refractivity (Wildman–Crippen MR) is 123 cm³/mol. The number of aromatic hydroxyl groups is 1. The Hall–Kier alpha value is -2.83. The van der Waals surface area contributed by atoms with Crippen LogP contribution in [0.5, 0.6) is 11.5 Å². The number of ether oxygens (including phenoxy) is 1. The van der Waals surface area contributed by atoms with Crippen molar-refractivity contribution in [1.29, 1.82) is 0 Å². The Morgan fingerprint density at radius 2 is 1.84 bits per heavy atom. The normalized spacial score (nSPS) is 14.9. The van der Waals surface area contributed by atoms with E-state index in [1.165, 1.54) is 57.2 Å². The average molecular weight is 423 g/mol. The van der Waals surface area contributed by atoms with Crippen molar-refractivity contribution in [3.63, 3.8) is 0 Å². The van der Waals surface area contributed by atoms with Crippen molar-refractivity contribution >= 4 is 11.0 Å². The van der Waals surface area contributed by atoms with Gasteiger partial charge in [0.15, 0.2) is 16.8 Å². The zero-order valence-electron chi connectivity index (χ0n) is 18.3. The lowest BCUT2D eigenvalue weighted by atomic mass is 10.1. The summed E-state index contributed by atoms with van der Waals surface area (Å²) in [7, 11) is 3.59. The van der Waals surface area contributed by atoms with Crippen molar-refractivity contribution in [3.8, 4) is 22.8 Å². The van der Waals surface area contributed by atoms with Gasteiger partial charge in [0.1, 0.15) is 5.76 Å². The summed E-state index contributed by atoms with van der Waals surface area (Å²) in [6.45, 7) is 5.48. The Morgan fingerprint density at radius 1 is 1.10 bits per heavy atom. The van der Waals surface area contributed by atoms with E-state index in [0.717, 1.165) is 25.2 Å². The van der Waals surface area contributed by atoms with Gasteiger partial charge < -0.3 is 24.1 Å². The second kappa shape index (κ2) is 9.54. The van der Waals surface area contributed by atoms with E-state index in [4.69, 9.17) is 9.15 Å². The zero-order valence-corrected chi connectivity index (χ0v) is 18.3. The van der Waals surface area contributed by atoms with Crippen LogP contribution >= 0.6 is 0 Å². The lowest BCUT2D eigenvalue weighted by Gasteiger charge is -2.28. The summed E-state index contributed by atoms with van der Waals surface area (Å²) in [5.74, 6) is 0.563. The first-order chi connectivity index (χ1) is 15.0. The van der Waals surface area contributed by atoms with Crippen molar-refractivity contribution in [2.45, 2.75) is 25.8 Å². The van der Waals surface area contributed by atoms with Crippen LogP contribution in [-0.2, 0) is 6.54 Å². The van der Waals surface area contributed by atoms with E-state index in [2.05, 4.69) is 29.0 Å². The molecule has 0 bridgehead atoms. The fourth-order valence-electron chi connectivity index (χ4n) is 4.18. The van der Waals surface area contributed by atoms with Gasteiger partial charge in [-0.3, -0.25) is 4.79 Å². The number of likely N-dealkylation sites (N-methyl/N-ethyl adjacent to an activating group) is 1. The minimum absolute atomic E-state index is 0.0572. The van der Waals surface area contributed by atoms with E-state index in [9.17, 15) is 9.90 Å². The van der Waals surface area contributed by atoms with E-state index in [-0.39, 0.29) is 22.5 Å². The lowest BCUT2D eigenvalue weighted by Crippen LogP contribution is -2.36. The van der Waals surface area contributed by atoms with Gasteiger partial charge in [-0.2, -0.15) is 0 Å². The van der Waals surface area contributed by atoms with Gasteiger partial charge in [0.05, 0.1) is 12.5 Å². The van der Waals surface area contributed by atoms with Crippen molar-refractivity contribution in [3.05, 3.63) is 58.3 Å². The maximum atomic E-state index is 12.6. The van der Waals surface area contributed by atoms with Gasteiger partial charge in [0, 0.05) is 31.3 Å². The molecule has 0 unspecified atom stereocenters. The van der Waals surface area contributed by atoms with Gasteiger partial charge in [0.25, 0.3) is 0 Å². The molecule has 31 heavy (non-hydrogen) atoms. The largest absolute Gasteiger partial charge is 0.504 e. The van der Waals surface area contributed by atoms with Gasteiger partial charge in [-0.1, -0.05) is 30.7 Å². The Balaban J connectivity index is 1.47. The SMILES string of the molecule is COc1c(O)ccc2c(=O)cc(-c3ccc(CN(C)CCN4CCCCC4)cc3)oc12. The first kappa shape index (κ1) is 21.4. The standard InChI is InChI=1S/C25H30N2O4/c1-26(14-15-27-12-4-3-5-13-27)17-18-6-8-19(9-7-18)23-16-22(29)20-10-11-21(28)25(30-2)24(20)31-23/h6-11,16,28H,3-5,12-15,17H2,1-2H3. The molecule has 1 aromatic heterocycles. The van der Waals surface area contributed by atoms with Crippen molar-refractivity contribution in [2.24, 2.45) is 0 Å². The fraction of sp³-hybridized carbons (Fsp3) is 0.400. The molecule has 6 heteroatoms. The number of hydrogen-bond acceptors (Lipinski definition) is 6. The molecule has 2 aromatic carbocycles. The molecule has 0 radical (unpaired) electrons. The van der Waals surface area contributed by atoms with Gasteiger partial charge in [-0.15, -0.1) is 0 Å². The van der Waals surface area contributed by atoms with Gasteiger partial charge in [0.2, 0.25) is 5.75 Å². The molecule has 4 rings (SSSR count). The third-order valence-electron chi connectivity index (χ3n) is 5.97. The Bertz CT molecular complexity index is 1090. The number of piperidine rings is 1. The van der Waals surface area contributed by atoms with Gasteiger partial charge in [-0.05, 0) is 50.7 Å². The summed E-state index contributed by atoms with van der Waals surface area (Å²) >= 11 is 0. The van der Waals surface area contributed by atoms with Gasteiger partial charge in [-0.25, -0.2) is 0 Å². The molecule has 1 saturated heterocycles. The van der Waals surface area contributed by atoms with Crippen LogP contribution in [0.3, 0.4) is 0 Å². The molecule has 1 fully saturated rings. The quantitative estimate of drug-likeness (QED) is 0.619. The van der Waals surface area contributed by atoms with Crippen molar-refractivity contribution in [2.75, 3.05) is 40.3 Å². The highest BCUT2D eigenvalue weighted by molar-refractivity contribution is 5.86.